The van der Waals surface area contributed by atoms with E-state index in [1.54, 1.807) is 12.2 Å². The highest BCUT2D eigenvalue weighted by atomic mass is 19.1. The van der Waals surface area contributed by atoms with E-state index in [4.69, 9.17) is 10.8 Å². The van der Waals surface area contributed by atoms with Gasteiger partial charge in [-0.15, -0.1) is 0 Å². The average molecular weight is 224 g/mol. The smallest absolute Gasteiger partial charge is 0.254 e. The maximum atomic E-state index is 13.2. The van der Waals surface area contributed by atoms with Gasteiger partial charge in [0, 0.05) is 19.2 Å². The van der Waals surface area contributed by atoms with Crippen molar-refractivity contribution in [1.29, 1.82) is 0 Å². The molecular formula is C11H13FN2O2. The van der Waals surface area contributed by atoms with E-state index in [1.165, 1.54) is 12.1 Å². The summed E-state index contributed by atoms with van der Waals surface area (Å²) in [6, 6.07) is 3.38. The molecule has 16 heavy (non-hydrogen) atoms. The highest BCUT2D eigenvalue weighted by molar-refractivity contribution is 5.94. The van der Waals surface area contributed by atoms with E-state index < -0.39 is 11.7 Å². The molecule has 0 saturated heterocycles. The van der Waals surface area contributed by atoms with Gasteiger partial charge in [-0.3, -0.25) is 4.79 Å². The maximum Gasteiger partial charge on any atom is 0.254 e. The van der Waals surface area contributed by atoms with Crippen LogP contribution in [0.15, 0.2) is 30.4 Å². The average Bonchev–Trinajstić information content (AvgIpc) is 2.24. The minimum absolute atomic E-state index is 0.0982. The van der Waals surface area contributed by atoms with Gasteiger partial charge in [0.25, 0.3) is 5.91 Å². The second-order valence-corrected chi connectivity index (χ2v) is 3.08. The summed E-state index contributed by atoms with van der Waals surface area (Å²) >= 11 is 0. The molecule has 4 N–H and O–H groups in total. The Morgan fingerprint density at radius 1 is 1.50 bits per heavy atom. The zero-order valence-electron chi connectivity index (χ0n) is 8.61. The van der Waals surface area contributed by atoms with E-state index in [1.807, 2.05) is 0 Å². The Morgan fingerprint density at radius 2 is 2.25 bits per heavy atom. The van der Waals surface area contributed by atoms with Crippen molar-refractivity contribution in [2.45, 2.75) is 0 Å². The topological polar surface area (TPSA) is 75.3 Å². The van der Waals surface area contributed by atoms with Crippen molar-refractivity contribution in [2.75, 3.05) is 13.1 Å². The number of hydrogen-bond donors (Lipinski definition) is 3. The zero-order chi connectivity index (χ0) is 12.0. The third-order valence-electron chi connectivity index (χ3n) is 1.88. The number of carbonyl (C=O) groups excluding carboxylic acids is 1. The van der Waals surface area contributed by atoms with E-state index in [-0.39, 0.29) is 17.9 Å². The van der Waals surface area contributed by atoms with Crippen molar-refractivity contribution in [2.24, 2.45) is 5.73 Å². The van der Waals surface area contributed by atoms with Crippen molar-refractivity contribution < 1.29 is 14.3 Å². The molecule has 0 atom stereocenters. The molecule has 0 aromatic heterocycles. The van der Waals surface area contributed by atoms with Gasteiger partial charge in [-0.2, -0.15) is 0 Å². The Bertz CT molecular complexity index is 405. The molecule has 1 aromatic rings. The number of benzene rings is 1. The van der Waals surface area contributed by atoms with Gasteiger partial charge >= 0.3 is 0 Å². The fourth-order valence-corrected chi connectivity index (χ4v) is 1.11. The minimum Gasteiger partial charge on any atom is -0.508 e. The first-order valence-corrected chi connectivity index (χ1v) is 4.77. The lowest BCUT2D eigenvalue weighted by Crippen LogP contribution is -2.24. The van der Waals surface area contributed by atoms with Crippen LogP contribution in [-0.2, 0) is 0 Å². The largest absolute Gasteiger partial charge is 0.508 e. The van der Waals surface area contributed by atoms with Crippen LogP contribution in [0.1, 0.15) is 10.4 Å². The Hall–Kier alpha value is -1.88. The molecule has 0 unspecified atom stereocenters. The van der Waals surface area contributed by atoms with Gasteiger partial charge in [-0.25, -0.2) is 4.39 Å². The van der Waals surface area contributed by atoms with Crippen LogP contribution >= 0.6 is 0 Å². The summed E-state index contributed by atoms with van der Waals surface area (Å²) in [5.74, 6) is -1.49. The number of halogens is 1. The molecule has 0 heterocycles. The predicted molar refractivity (Wildman–Crippen MR) is 58.6 cm³/mol. The molecule has 4 nitrogen and oxygen atoms in total. The van der Waals surface area contributed by atoms with Crippen molar-refractivity contribution in [3.8, 4) is 5.75 Å². The highest BCUT2D eigenvalue weighted by Gasteiger charge is 2.10. The van der Waals surface area contributed by atoms with Gasteiger partial charge in [0.15, 0.2) is 0 Å². The van der Waals surface area contributed by atoms with Crippen LogP contribution in [0.5, 0.6) is 5.75 Å². The molecule has 0 aliphatic carbocycles. The summed E-state index contributed by atoms with van der Waals surface area (Å²) in [6.45, 7) is 0.680. The molecule has 5 heteroatoms. The number of phenols is 1. The van der Waals surface area contributed by atoms with E-state index >= 15 is 0 Å². The SMILES string of the molecule is NC/C=C/CNC(=O)c1ccc(O)cc1F. The van der Waals surface area contributed by atoms with Crippen molar-refractivity contribution in [3.63, 3.8) is 0 Å². The maximum absolute atomic E-state index is 13.2. The number of nitrogens with two attached hydrogens (primary N) is 1. The van der Waals surface area contributed by atoms with Gasteiger partial charge in [0.05, 0.1) is 5.56 Å². The van der Waals surface area contributed by atoms with Crippen LogP contribution in [0.4, 0.5) is 4.39 Å². The number of aromatic hydroxyl groups is 1. The van der Waals surface area contributed by atoms with E-state index in [0.717, 1.165) is 6.07 Å². The lowest BCUT2D eigenvalue weighted by Gasteiger charge is -2.03. The third-order valence-corrected chi connectivity index (χ3v) is 1.88. The first-order valence-electron chi connectivity index (χ1n) is 4.77. The number of rotatable bonds is 4. The molecular weight excluding hydrogens is 211 g/mol. The fourth-order valence-electron chi connectivity index (χ4n) is 1.11. The molecule has 0 saturated carbocycles. The summed E-state index contributed by atoms with van der Waals surface area (Å²) in [7, 11) is 0. The molecule has 0 spiro atoms. The van der Waals surface area contributed by atoms with Crippen molar-refractivity contribution in [3.05, 3.63) is 41.7 Å². The minimum atomic E-state index is -0.750. The van der Waals surface area contributed by atoms with Crippen LogP contribution in [-0.4, -0.2) is 24.1 Å². The number of carbonyl (C=O) groups is 1. The summed E-state index contributed by atoms with van der Waals surface area (Å²) in [6.07, 6.45) is 3.36. The van der Waals surface area contributed by atoms with Crippen molar-refractivity contribution in [1.82, 2.24) is 5.32 Å². The van der Waals surface area contributed by atoms with Crippen LogP contribution in [0.25, 0.3) is 0 Å². The molecule has 86 valence electrons. The second kappa shape index (κ2) is 5.87. The molecule has 0 aliphatic rings. The predicted octanol–water partition coefficient (Wildman–Crippen LogP) is 0.776. The van der Waals surface area contributed by atoms with E-state index in [9.17, 15) is 9.18 Å². The lowest BCUT2D eigenvalue weighted by atomic mass is 10.2. The van der Waals surface area contributed by atoms with Crippen molar-refractivity contribution >= 4 is 5.91 Å². The molecule has 1 rings (SSSR count). The van der Waals surface area contributed by atoms with Gasteiger partial charge in [-0.05, 0) is 12.1 Å². The normalized spacial score (nSPS) is 10.6. The van der Waals surface area contributed by atoms with Crippen LogP contribution < -0.4 is 11.1 Å². The fraction of sp³-hybridized carbons (Fsp3) is 0.182. The molecule has 1 aromatic carbocycles. The summed E-state index contributed by atoms with van der Waals surface area (Å²) in [4.78, 5) is 11.4. The first-order chi connectivity index (χ1) is 7.65. The molecule has 0 aliphatic heterocycles. The summed E-state index contributed by atoms with van der Waals surface area (Å²) < 4.78 is 13.2. The Balaban J connectivity index is 2.63. The Kier molecular flexibility index (Phi) is 4.47. The highest BCUT2D eigenvalue weighted by Crippen LogP contribution is 2.14. The quantitative estimate of drug-likeness (QED) is 0.661. The zero-order valence-corrected chi connectivity index (χ0v) is 8.61. The van der Waals surface area contributed by atoms with Crippen LogP contribution in [0, 0.1) is 5.82 Å². The number of amides is 1. The third kappa shape index (κ3) is 3.36. The lowest BCUT2D eigenvalue weighted by molar-refractivity contribution is 0.0954. The number of nitrogens with one attached hydrogen (secondary N) is 1. The van der Waals surface area contributed by atoms with E-state index in [0.29, 0.717) is 6.54 Å². The van der Waals surface area contributed by atoms with Crippen LogP contribution in [0.3, 0.4) is 0 Å². The molecule has 0 fully saturated rings. The summed E-state index contributed by atoms with van der Waals surface area (Å²) in [5, 5.41) is 11.5. The monoisotopic (exact) mass is 224 g/mol. The standard InChI is InChI=1S/C11H13FN2O2/c12-10-7-8(15)3-4-9(10)11(16)14-6-2-1-5-13/h1-4,7,15H,5-6,13H2,(H,14,16)/b2-1+. The number of hydrogen-bond acceptors (Lipinski definition) is 3. The van der Waals surface area contributed by atoms with Crippen LogP contribution in [0.2, 0.25) is 0 Å². The molecule has 0 bridgehead atoms. The molecule has 1 amide bonds. The Labute approximate surface area is 92.6 Å². The van der Waals surface area contributed by atoms with Gasteiger partial charge in [0.2, 0.25) is 0 Å². The number of phenolic OH excluding ortho intramolecular Hbond substituents is 1. The first kappa shape index (κ1) is 12.2. The van der Waals surface area contributed by atoms with Gasteiger partial charge in [-0.1, -0.05) is 12.2 Å². The Morgan fingerprint density at radius 3 is 2.88 bits per heavy atom. The molecule has 0 radical (unpaired) electrons. The van der Waals surface area contributed by atoms with Gasteiger partial charge < -0.3 is 16.2 Å². The van der Waals surface area contributed by atoms with E-state index in [2.05, 4.69) is 5.32 Å². The second-order valence-electron chi connectivity index (χ2n) is 3.08. The van der Waals surface area contributed by atoms with Gasteiger partial charge in [0.1, 0.15) is 11.6 Å². The summed E-state index contributed by atoms with van der Waals surface area (Å²) in [5.41, 5.74) is 5.11.